The number of hydrogen-bond donors (Lipinski definition) is 0. The molecule has 1 aliphatic heterocycles. The number of para-hydroxylation sites is 1. The van der Waals surface area contributed by atoms with E-state index in [4.69, 9.17) is 4.74 Å². The first-order valence-corrected chi connectivity index (χ1v) is 8.88. The van der Waals surface area contributed by atoms with Gasteiger partial charge in [-0.15, -0.1) is 0 Å². The molecule has 26 heavy (non-hydrogen) atoms. The molecule has 136 valence electrons. The predicted octanol–water partition coefficient (Wildman–Crippen LogP) is 2.01. The van der Waals surface area contributed by atoms with Gasteiger partial charge in [-0.25, -0.2) is 0 Å². The molecule has 1 aromatic carbocycles. The van der Waals surface area contributed by atoms with Gasteiger partial charge in [0.25, 0.3) is 11.8 Å². The average molecular weight is 353 g/mol. The van der Waals surface area contributed by atoms with Crippen LogP contribution >= 0.6 is 0 Å². The molecule has 2 heterocycles. The summed E-state index contributed by atoms with van der Waals surface area (Å²) in [4.78, 5) is 32.4. The number of aryl methyl sites for hydroxylation is 1. The van der Waals surface area contributed by atoms with Gasteiger partial charge < -0.3 is 14.5 Å². The van der Waals surface area contributed by atoms with Crippen molar-refractivity contribution >= 4 is 11.8 Å². The molecule has 6 heteroatoms. The van der Waals surface area contributed by atoms with Gasteiger partial charge in [0, 0.05) is 32.4 Å². The minimum Gasteiger partial charge on any atom is -0.483 e. The molecule has 1 aliphatic rings. The highest BCUT2D eigenvalue weighted by atomic mass is 16.5. The summed E-state index contributed by atoms with van der Waals surface area (Å²) in [5, 5.41) is 0. The minimum absolute atomic E-state index is 0.0190. The smallest absolute Gasteiger partial charge is 0.272 e. The van der Waals surface area contributed by atoms with Crippen molar-refractivity contribution in [2.45, 2.75) is 13.3 Å². The number of carbonyl (C=O) groups excluding carboxylic acids is 2. The first kappa shape index (κ1) is 17.9. The molecule has 6 nitrogen and oxygen atoms in total. The molecule has 2 aromatic rings. The van der Waals surface area contributed by atoms with Crippen LogP contribution in [-0.4, -0.2) is 59.4 Å². The lowest BCUT2D eigenvalue weighted by Crippen LogP contribution is -2.51. The monoisotopic (exact) mass is 353 g/mol. The number of pyridine rings is 1. The molecule has 2 amide bonds. The Hall–Kier alpha value is -2.89. The number of ether oxygens (including phenoxy) is 1. The summed E-state index contributed by atoms with van der Waals surface area (Å²) in [5.74, 6) is 0.610. The second-order valence-corrected chi connectivity index (χ2v) is 6.14. The van der Waals surface area contributed by atoms with E-state index in [0.717, 1.165) is 17.7 Å². The Morgan fingerprint density at radius 2 is 1.69 bits per heavy atom. The van der Waals surface area contributed by atoms with Crippen molar-refractivity contribution in [1.29, 1.82) is 0 Å². The Bertz CT molecular complexity index is 756. The van der Waals surface area contributed by atoms with E-state index in [9.17, 15) is 9.59 Å². The van der Waals surface area contributed by atoms with Crippen molar-refractivity contribution in [2.75, 3.05) is 32.8 Å². The number of piperazine rings is 1. The Kier molecular flexibility index (Phi) is 5.84. The number of carbonyl (C=O) groups is 2. The van der Waals surface area contributed by atoms with E-state index in [1.807, 2.05) is 24.3 Å². The molecule has 1 fully saturated rings. The Morgan fingerprint density at radius 3 is 2.38 bits per heavy atom. The fourth-order valence-corrected chi connectivity index (χ4v) is 2.98. The van der Waals surface area contributed by atoms with Gasteiger partial charge in [0.2, 0.25) is 0 Å². The van der Waals surface area contributed by atoms with Gasteiger partial charge in [0.1, 0.15) is 11.4 Å². The van der Waals surface area contributed by atoms with Crippen LogP contribution < -0.4 is 4.74 Å². The molecule has 0 radical (unpaired) electrons. The summed E-state index contributed by atoms with van der Waals surface area (Å²) < 4.78 is 5.70. The molecule has 1 saturated heterocycles. The summed E-state index contributed by atoms with van der Waals surface area (Å²) in [7, 11) is 0. The van der Waals surface area contributed by atoms with Crippen LogP contribution in [0, 0.1) is 0 Å². The zero-order chi connectivity index (χ0) is 18.4. The van der Waals surface area contributed by atoms with Crippen LogP contribution in [0.2, 0.25) is 0 Å². The standard InChI is InChI=1S/C20H23N3O3/c1-2-16-7-3-4-9-18(16)26-15-19(24)22-11-13-23(14-12-22)20(25)17-8-5-6-10-21-17/h3-10H,2,11-15H2,1H3. The van der Waals surface area contributed by atoms with Crippen molar-refractivity contribution in [2.24, 2.45) is 0 Å². The Labute approximate surface area is 153 Å². The van der Waals surface area contributed by atoms with Crippen LogP contribution in [0.4, 0.5) is 0 Å². The van der Waals surface area contributed by atoms with Gasteiger partial charge in [-0.3, -0.25) is 14.6 Å². The van der Waals surface area contributed by atoms with Crippen LogP contribution in [0.5, 0.6) is 5.75 Å². The normalized spacial score (nSPS) is 14.2. The van der Waals surface area contributed by atoms with Crippen LogP contribution in [0.3, 0.4) is 0 Å². The van der Waals surface area contributed by atoms with E-state index in [1.165, 1.54) is 0 Å². The molecule has 0 atom stereocenters. The first-order chi connectivity index (χ1) is 12.7. The fourth-order valence-electron chi connectivity index (χ4n) is 2.98. The third-order valence-electron chi connectivity index (χ3n) is 4.51. The second-order valence-electron chi connectivity index (χ2n) is 6.14. The number of nitrogens with zero attached hydrogens (tertiary/aromatic N) is 3. The largest absolute Gasteiger partial charge is 0.483 e. The molecular formula is C20H23N3O3. The van der Waals surface area contributed by atoms with Crippen LogP contribution in [0.1, 0.15) is 23.0 Å². The number of aromatic nitrogens is 1. The first-order valence-electron chi connectivity index (χ1n) is 8.88. The number of benzene rings is 1. The van der Waals surface area contributed by atoms with Crippen molar-refractivity contribution in [3.63, 3.8) is 0 Å². The third kappa shape index (κ3) is 4.20. The average Bonchev–Trinajstić information content (AvgIpc) is 2.72. The van der Waals surface area contributed by atoms with Gasteiger partial charge in [-0.2, -0.15) is 0 Å². The van der Waals surface area contributed by atoms with Gasteiger partial charge in [-0.05, 0) is 30.2 Å². The van der Waals surface area contributed by atoms with Crippen molar-refractivity contribution in [3.05, 3.63) is 59.9 Å². The number of rotatable bonds is 5. The lowest BCUT2D eigenvalue weighted by Gasteiger charge is -2.34. The molecule has 0 saturated carbocycles. The zero-order valence-corrected chi connectivity index (χ0v) is 14.9. The quantitative estimate of drug-likeness (QED) is 0.825. The van der Waals surface area contributed by atoms with Gasteiger partial charge in [-0.1, -0.05) is 31.2 Å². The molecule has 0 unspecified atom stereocenters. The van der Waals surface area contributed by atoms with E-state index in [1.54, 1.807) is 34.2 Å². The minimum atomic E-state index is -0.0918. The van der Waals surface area contributed by atoms with Gasteiger partial charge in [0.15, 0.2) is 6.61 Å². The number of amides is 2. The maximum Gasteiger partial charge on any atom is 0.272 e. The van der Waals surface area contributed by atoms with E-state index in [0.29, 0.717) is 31.9 Å². The van der Waals surface area contributed by atoms with E-state index < -0.39 is 0 Å². The zero-order valence-electron chi connectivity index (χ0n) is 14.9. The SMILES string of the molecule is CCc1ccccc1OCC(=O)N1CCN(C(=O)c2ccccn2)CC1. The van der Waals surface area contributed by atoms with Crippen LogP contribution in [-0.2, 0) is 11.2 Å². The summed E-state index contributed by atoms with van der Waals surface area (Å²) >= 11 is 0. The Morgan fingerprint density at radius 1 is 1.00 bits per heavy atom. The lowest BCUT2D eigenvalue weighted by molar-refractivity contribution is -0.134. The van der Waals surface area contributed by atoms with Crippen molar-refractivity contribution in [3.8, 4) is 5.75 Å². The predicted molar refractivity (Wildman–Crippen MR) is 98.0 cm³/mol. The number of hydrogen-bond acceptors (Lipinski definition) is 4. The molecule has 0 aliphatic carbocycles. The van der Waals surface area contributed by atoms with E-state index in [2.05, 4.69) is 11.9 Å². The highest BCUT2D eigenvalue weighted by Crippen LogP contribution is 2.18. The highest BCUT2D eigenvalue weighted by molar-refractivity contribution is 5.92. The van der Waals surface area contributed by atoms with Gasteiger partial charge >= 0.3 is 0 Å². The molecule has 3 rings (SSSR count). The van der Waals surface area contributed by atoms with Crippen molar-refractivity contribution < 1.29 is 14.3 Å². The second kappa shape index (κ2) is 8.47. The molecular weight excluding hydrogens is 330 g/mol. The third-order valence-corrected chi connectivity index (χ3v) is 4.51. The van der Waals surface area contributed by atoms with Gasteiger partial charge in [0.05, 0.1) is 0 Å². The summed E-state index contributed by atoms with van der Waals surface area (Å²) in [6, 6.07) is 13.0. The molecule has 0 spiro atoms. The summed E-state index contributed by atoms with van der Waals surface area (Å²) in [5.41, 5.74) is 1.53. The lowest BCUT2D eigenvalue weighted by atomic mass is 10.1. The molecule has 0 N–H and O–H groups in total. The fraction of sp³-hybridized carbons (Fsp3) is 0.350. The summed E-state index contributed by atoms with van der Waals surface area (Å²) in [6.45, 7) is 4.11. The van der Waals surface area contributed by atoms with E-state index in [-0.39, 0.29) is 18.4 Å². The maximum atomic E-state index is 12.4. The molecule has 0 bridgehead atoms. The topological polar surface area (TPSA) is 62.7 Å². The molecule has 1 aromatic heterocycles. The Balaban J connectivity index is 1.50. The van der Waals surface area contributed by atoms with E-state index >= 15 is 0 Å². The van der Waals surface area contributed by atoms with Crippen LogP contribution in [0.25, 0.3) is 0 Å². The maximum absolute atomic E-state index is 12.4. The highest BCUT2D eigenvalue weighted by Gasteiger charge is 2.25. The van der Waals surface area contributed by atoms with Crippen LogP contribution in [0.15, 0.2) is 48.7 Å². The van der Waals surface area contributed by atoms with Crippen molar-refractivity contribution in [1.82, 2.24) is 14.8 Å². The summed E-state index contributed by atoms with van der Waals surface area (Å²) in [6.07, 6.45) is 2.47.